The summed E-state index contributed by atoms with van der Waals surface area (Å²) in [4.78, 5) is 39.1. The molecule has 2 amide bonds. The first-order chi connectivity index (χ1) is 16.9. The lowest BCUT2D eigenvalue weighted by molar-refractivity contribution is -0.156. The van der Waals surface area contributed by atoms with Gasteiger partial charge in [0.25, 0.3) is 0 Å². The normalized spacial score (nSPS) is 25.6. The second-order valence-corrected chi connectivity index (χ2v) is 10.1. The Balaban J connectivity index is 1.16. The van der Waals surface area contributed by atoms with Gasteiger partial charge in [0.2, 0.25) is 5.91 Å². The number of likely N-dealkylation sites (tertiary alicyclic amines) is 1. The summed E-state index contributed by atoms with van der Waals surface area (Å²) in [6, 6.07) is 15.5. The second kappa shape index (κ2) is 9.72. The molecule has 184 valence electrons. The number of aliphatic carboxylic acids is 1. The molecule has 2 N–H and O–H groups in total. The number of piperidine rings is 1. The van der Waals surface area contributed by atoms with Gasteiger partial charge in [-0.1, -0.05) is 55.5 Å². The van der Waals surface area contributed by atoms with Gasteiger partial charge < -0.3 is 20.1 Å². The summed E-state index contributed by atoms with van der Waals surface area (Å²) in [5.74, 6) is -1.35. The molecule has 2 aliphatic carbocycles. The maximum Gasteiger partial charge on any atom is 0.407 e. The van der Waals surface area contributed by atoms with Crippen LogP contribution in [0.2, 0.25) is 0 Å². The number of benzene rings is 2. The number of carboxylic acid groups (broad SMARTS) is 1. The Kier molecular flexibility index (Phi) is 6.50. The highest BCUT2D eigenvalue weighted by atomic mass is 16.5. The molecule has 35 heavy (non-hydrogen) atoms. The van der Waals surface area contributed by atoms with Gasteiger partial charge in [0.15, 0.2) is 0 Å². The summed E-state index contributed by atoms with van der Waals surface area (Å²) < 4.78 is 5.65. The second-order valence-electron chi connectivity index (χ2n) is 10.1. The number of carboxylic acids is 1. The summed E-state index contributed by atoms with van der Waals surface area (Å²) in [5.41, 5.74) is 4.69. The van der Waals surface area contributed by atoms with E-state index in [2.05, 4.69) is 29.6 Å². The molecular formula is C28H32N2O5. The lowest BCUT2D eigenvalue weighted by Gasteiger charge is -2.38. The van der Waals surface area contributed by atoms with Crippen molar-refractivity contribution in [2.45, 2.75) is 57.0 Å². The zero-order valence-electron chi connectivity index (χ0n) is 20.0. The molecule has 5 rings (SSSR count). The number of rotatable bonds is 5. The van der Waals surface area contributed by atoms with Crippen LogP contribution >= 0.6 is 0 Å². The molecule has 0 bridgehead atoms. The predicted molar refractivity (Wildman–Crippen MR) is 131 cm³/mol. The number of carbonyl (C=O) groups excluding carboxylic acids is 2. The Labute approximate surface area is 205 Å². The molecule has 4 atom stereocenters. The minimum absolute atomic E-state index is 0.0000903. The molecule has 7 heteroatoms. The van der Waals surface area contributed by atoms with Crippen LogP contribution in [0.1, 0.15) is 56.1 Å². The molecule has 1 saturated carbocycles. The van der Waals surface area contributed by atoms with Crippen LogP contribution in [0.4, 0.5) is 4.79 Å². The van der Waals surface area contributed by atoms with Crippen molar-refractivity contribution >= 4 is 18.0 Å². The van der Waals surface area contributed by atoms with Gasteiger partial charge in [0.05, 0.1) is 0 Å². The molecule has 1 heterocycles. The molecule has 2 fully saturated rings. The highest BCUT2D eigenvalue weighted by Gasteiger charge is 2.41. The van der Waals surface area contributed by atoms with Crippen LogP contribution in [0.25, 0.3) is 11.1 Å². The van der Waals surface area contributed by atoms with E-state index in [9.17, 15) is 19.5 Å². The highest BCUT2D eigenvalue weighted by Crippen LogP contribution is 2.44. The van der Waals surface area contributed by atoms with Crippen LogP contribution in [0, 0.1) is 11.8 Å². The van der Waals surface area contributed by atoms with E-state index in [0.717, 1.165) is 24.0 Å². The van der Waals surface area contributed by atoms with Gasteiger partial charge in [-0.05, 0) is 60.3 Å². The van der Waals surface area contributed by atoms with Gasteiger partial charge in [-0.2, -0.15) is 0 Å². The average molecular weight is 477 g/mol. The van der Waals surface area contributed by atoms with E-state index in [1.807, 2.05) is 31.2 Å². The SMILES string of the molecule is CC1CCCN(C(=O)C2CCC(NC(=O)OCC3c4ccccc4-c4ccccc43)C2)C1C(=O)O. The third-order valence-corrected chi connectivity index (χ3v) is 7.92. The van der Waals surface area contributed by atoms with Crippen LogP contribution in [0.3, 0.4) is 0 Å². The van der Waals surface area contributed by atoms with Crippen LogP contribution in [-0.2, 0) is 14.3 Å². The van der Waals surface area contributed by atoms with Crippen molar-refractivity contribution in [3.63, 3.8) is 0 Å². The highest BCUT2D eigenvalue weighted by molar-refractivity contribution is 5.86. The smallest absolute Gasteiger partial charge is 0.407 e. The van der Waals surface area contributed by atoms with Crippen LogP contribution in [0.5, 0.6) is 0 Å². The minimum Gasteiger partial charge on any atom is -0.480 e. The summed E-state index contributed by atoms with van der Waals surface area (Å²) in [7, 11) is 0. The van der Waals surface area contributed by atoms with E-state index in [4.69, 9.17) is 4.74 Å². The van der Waals surface area contributed by atoms with Crippen molar-refractivity contribution in [3.8, 4) is 11.1 Å². The Morgan fingerprint density at radius 2 is 1.66 bits per heavy atom. The van der Waals surface area contributed by atoms with Crippen molar-refractivity contribution in [2.75, 3.05) is 13.2 Å². The van der Waals surface area contributed by atoms with Crippen molar-refractivity contribution < 1.29 is 24.2 Å². The first-order valence-corrected chi connectivity index (χ1v) is 12.6. The molecule has 2 aromatic rings. The number of ether oxygens (including phenoxy) is 1. The van der Waals surface area contributed by atoms with Gasteiger partial charge in [-0.3, -0.25) is 4.79 Å². The number of nitrogens with one attached hydrogen (secondary N) is 1. The fourth-order valence-corrected chi connectivity index (χ4v) is 6.19. The van der Waals surface area contributed by atoms with Gasteiger partial charge in [0, 0.05) is 24.4 Å². The van der Waals surface area contributed by atoms with Gasteiger partial charge in [0.1, 0.15) is 12.6 Å². The third kappa shape index (κ3) is 4.51. The van der Waals surface area contributed by atoms with E-state index in [-0.39, 0.29) is 36.3 Å². The zero-order valence-corrected chi connectivity index (χ0v) is 20.0. The average Bonchev–Trinajstić information content (AvgIpc) is 3.44. The van der Waals surface area contributed by atoms with Crippen molar-refractivity contribution in [1.29, 1.82) is 0 Å². The molecule has 2 aromatic carbocycles. The lowest BCUT2D eigenvalue weighted by atomic mass is 9.89. The van der Waals surface area contributed by atoms with Crippen LogP contribution in [-0.4, -0.2) is 53.2 Å². The molecule has 4 unspecified atom stereocenters. The molecule has 3 aliphatic rings. The summed E-state index contributed by atoms with van der Waals surface area (Å²) >= 11 is 0. The first kappa shape index (κ1) is 23.4. The van der Waals surface area contributed by atoms with E-state index in [1.54, 1.807) is 4.90 Å². The molecule has 0 spiro atoms. The van der Waals surface area contributed by atoms with Crippen molar-refractivity contribution in [3.05, 3.63) is 59.7 Å². The summed E-state index contributed by atoms with van der Waals surface area (Å²) in [6.07, 6.45) is 3.01. The minimum atomic E-state index is -0.933. The molecule has 1 saturated heterocycles. The topological polar surface area (TPSA) is 95.9 Å². The maximum absolute atomic E-state index is 13.1. The lowest BCUT2D eigenvalue weighted by Crippen LogP contribution is -2.53. The number of hydrogen-bond acceptors (Lipinski definition) is 4. The van der Waals surface area contributed by atoms with E-state index < -0.39 is 18.1 Å². The number of fused-ring (bicyclic) bond motifs is 3. The Morgan fingerprint density at radius 1 is 1.00 bits per heavy atom. The Bertz CT molecular complexity index is 1090. The first-order valence-electron chi connectivity index (χ1n) is 12.6. The Hall–Kier alpha value is -3.35. The molecule has 0 radical (unpaired) electrons. The van der Waals surface area contributed by atoms with Gasteiger partial charge in [-0.25, -0.2) is 9.59 Å². The standard InChI is InChI=1S/C28H32N2O5/c1-17-7-6-14-30(25(17)27(32)33)26(31)18-12-13-19(15-18)29-28(34)35-16-24-22-10-4-2-8-20(22)21-9-3-5-11-23(21)24/h2-5,8-11,17-19,24-25H,6-7,12-16H2,1H3,(H,29,34)(H,32,33). The summed E-state index contributed by atoms with van der Waals surface area (Å²) in [6.45, 7) is 2.64. The van der Waals surface area contributed by atoms with Crippen LogP contribution < -0.4 is 5.32 Å². The fourth-order valence-electron chi connectivity index (χ4n) is 6.19. The Morgan fingerprint density at radius 3 is 2.31 bits per heavy atom. The van der Waals surface area contributed by atoms with Crippen LogP contribution in [0.15, 0.2) is 48.5 Å². The van der Waals surface area contributed by atoms with Gasteiger partial charge in [-0.15, -0.1) is 0 Å². The van der Waals surface area contributed by atoms with Crippen molar-refractivity contribution in [1.82, 2.24) is 10.2 Å². The van der Waals surface area contributed by atoms with E-state index >= 15 is 0 Å². The molecule has 7 nitrogen and oxygen atoms in total. The third-order valence-electron chi connectivity index (χ3n) is 7.92. The van der Waals surface area contributed by atoms with E-state index in [0.29, 0.717) is 25.8 Å². The predicted octanol–water partition coefficient (Wildman–Crippen LogP) is 4.41. The molecule has 0 aromatic heterocycles. The number of nitrogens with zero attached hydrogens (tertiary/aromatic N) is 1. The molecule has 1 aliphatic heterocycles. The maximum atomic E-state index is 13.1. The van der Waals surface area contributed by atoms with E-state index in [1.165, 1.54) is 11.1 Å². The zero-order chi connectivity index (χ0) is 24.5. The monoisotopic (exact) mass is 476 g/mol. The van der Waals surface area contributed by atoms with Gasteiger partial charge >= 0.3 is 12.1 Å². The largest absolute Gasteiger partial charge is 0.480 e. The van der Waals surface area contributed by atoms with Crippen molar-refractivity contribution in [2.24, 2.45) is 11.8 Å². The number of carbonyl (C=O) groups is 3. The number of alkyl carbamates (subject to hydrolysis) is 1. The quantitative estimate of drug-likeness (QED) is 0.667. The number of amides is 2. The number of hydrogen-bond donors (Lipinski definition) is 2. The summed E-state index contributed by atoms with van der Waals surface area (Å²) in [5, 5.41) is 12.6. The fraction of sp³-hybridized carbons (Fsp3) is 0.464. The molecular weight excluding hydrogens is 444 g/mol.